The van der Waals surface area contributed by atoms with Crippen LogP contribution in [-0.4, -0.2) is 45.2 Å². The van der Waals surface area contributed by atoms with Crippen molar-refractivity contribution < 1.29 is 9.90 Å². The summed E-state index contributed by atoms with van der Waals surface area (Å²) in [4.78, 5) is 18.1. The predicted molar refractivity (Wildman–Crippen MR) is 63.5 cm³/mol. The van der Waals surface area contributed by atoms with Gasteiger partial charge >= 0.3 is 0 Å². The van der Waals surface area contributed by atoms with Crippen molar-refractivity contribution in [2.75, 3.05) is 13.6 Å². The van der Waals surface area contributed by atoms with E-state index in [9.17, 15) is 9.90 Å². The van der Waals surface area contributed by atoms with E-state index in [1.54, 1.807) is 25.1 Å². The van der Waals surface area contributed by atoms with Gasteiger partial charge in [-0.05, 0) is 19.8 Å². The number of hydrogen-bond donors (Lipinski definition) is 1. The first-order valence-corrected chi connectivity index (χ1v) is 6.03. The average molecular weight is 237 g/mol. The SMILES string of the molecule is CC(O)CN(C)C(=O)C1CCCn2ccnc21. The molecule has 2 rings (SSSR count). The van der Waals surface area contributed by atoms with Gasteiger partial charge in [0.15, 0.2) is 0 Å². The third-order valence-electron chi connectivity index (χ3n) is 3.16. The second-order valence-corrected chi connectivity index (χ2v) is 4.74. The third kappa shape index (κ3) is 2.49. The molecule has 0 saturated carbocycles. The molecule has 1 aromatic heterocycles. The highest BCUT2D eigenvalue weighted by atomic mass is 16.3. The topological polar surface area (TPSA) is 58.4 Å². The molecule has 5 nitrogen and oxygen atoms in total. The molecule has 0 aromatic carbocycles. The van der Waals surface area contributed by atoms with Gasteiger partial charge in [-0.15, -0.1) is 0 Å². The van der Waals surface area contributed by atoms with E-state index in [1.165, 1.54) is 0 Å². The zero-order valence-corrected chi connectivity index (χ0v) is 10.3. The Morgan fingerprint density at radius 3 is 3.24 bits per heavy atom. The first-order valence-electron chi connectivity index (χ1n) is 6.03. The van der Waals surface area contributed by atoms with Gasteiger partial charge in [0.25, 0.3) is 0 Å². The monoisotopic (exact) mass is 237 g/mol. The fraction of sp³-hybridized carbons (Fsp3) is 0.667. The summed E-state index contributed by atoms with van der Waals surface area (Å²) in [6.45, 7) is 3.00. The van der Waals surface area contributed by atoms with Gasteiger partial charge in [-0.2, -0.15) is 0 Å². The van der Waals surface area contributed by atoms with Gasteiger partial charge < -0.3 is 14.6 Å². The highest BCUT2D eigenvalue weighted by molar-refractivity contribution is 5.82. The number of imidazole rings is 1. The van der Waals surface area contributed by atoms with Crippen LogP contribution in [0.2, 0.25) is 0 Å². The van der Waals surface area contributed by atoms with Crippen LogP contribution in [0, 0.1) is 0 Å². The number of aromatic nitrogens is 2. The van der Waals surface area contributed by atoms with E-state index in [-0.39, 0.29) is 11.8 Å². The van der Waals surface area contributed by atoms with E-state index in [4.69, 9.17) is 0 Å². The predicted octanol–water partition coefficient (Wildman–Crippen LogP) is 0.600. The molecule has 5 heteroatoms. The number of carbonyl (C=O) groups excluding carboxylic acids is 1. The minimum atomic E-state index is -0.493. The first-order chi connectivity index (χ1) is 8.09. The zero-order valence-electron chi connectivity index (χ0n) is 10.3. The normalized spacial score (nSPS) is 20.8. The van der Waals surface area contributed by atoms with Crippen LogP contribution in [0.5, 0.6) is 0 Å². The van der Waals surface area contributed by atoms with E-state index in [1.807, 2.05) is 10.8 Å². The van der Waals surface area contributed by atoms with E-state index >= 15 is 0 Å². The maximum atomic E-state index is 12.3. The Morgan fingerprint density at radius 1 is 1.76 bits per heavy atom. The Hall–Kier alpha value is -1.36. The standard InChI is InChI=1S/C12H19N3O2/c1-9(16)8-14(2)12(17)10-4-3-6-15-7-5-13-11(10)15/h5,7,9-10,16H,3-4,6,8H2,1-2H3. The van der Waals surface area contributed by atoms with Gasteiger partial charge in [0.2, 0.25) is 5.91 Å². The second kappa shape index (κ2) is 4.87. The molecule has 1 amide bonds. The summed E-state index contributed by atoms with van der Waals surface area (Å²) in [6, 6.07) is 0. The van der Waals surface area contributed by atoms with Crippen LogP contribution < -0.4 is 0 Å². The van der Waals surface area contributed by atoms with Crippen molar-refractivity contribution in [3.63, 3.8) is 0 Å². The Morgan fingerprint density at radius 2 is 2.53 bits per heavy atom. The summed E-state index contributed by atoms with van der Waals surface area (Å²) in [5.74, 6) is 0.763. The fourth-order valence-electron chi connectivity index (χ4n) is 2.40. The van der Waals surface area contributed by atoms with Gasteiger partial charge in [-0.3, -0.25) is 4.79 Å². The van der Waals surface area contributed by atoms with Crippen LogP contribution in [-0.2, 0) is 11.3 Å². The van der Waals surface area contributed by atoms with Crippen molar-refractivity contribution in [3.05, 3.63) is 18.2 Å². The van der Waals surface area contributed by atoms with Crippen LogP contribution in [0.3, 0.4) is 0 Å². The van der Waals surface area contributed by atoms with E-state index in [0.717, 1.165) is 25.2 Å². The number of aliphatic hydroxyl groups excluding tert-OH is 1. The number of carbonyl (C=O) groups is 1. The maximum absolute atomic E-state index is 12.3. The molecular weight excluding hydrogens is 218 g/mol. The minimum absolute atomic E-state index is 0.0538. The third-order valence-corrected chi connectivity index (χ3v) is 3.16. The van der Waals surface area contributed by atoms with E-state index in [0.29, 0.717) is 6.54 Å². The summed E-state index contributed by atoms with van der Waals surface area (Å²) < 4.78 is 2.04. The Bertz CT molecular complexity index is 400. The quantitative estimate of drug-likeness (QED) is 0.837. The highest BCUT2D eigenvalue weighted by Gasteiger charge is 2.30. The number of hydrogen-bond acceptors (Lipinski definition) is 3. The molecule has 1 N–H and O–H groups in total. The summed E-state index contributed by atoms with van der Waals surface area (Å²) in [7, 11) is 1.73. The Labute approximate surface area is 101 Å². The molecular formula is C12H19N3O2. The van der Waals surface area contributed by atoms with Crippen LogP contribution in [0.25, 0.3) is 0 Å². The molecule has 94 valence electrons. The molecule has 0 saturated heterocycles. The number of rotatable bonds is 3. The molecule has 0 bridgehead atoms. The molecule has 17 heavy (non-hydrogen) atoms. The van der Waals surface area contributed by atoms with Crippen molar-refractivity contribution in [3.8, 4) is 0 Å². The summed E-state index contributed by atoms with van der Waals surface area (Å²) >= 11 is 0. The lowest BCUT2D eigenvalue weighted by Crippen LogP contribution is -2.38. The smallest absolute Gasteiger partial charge is 0.233 e. The van der Waals surface area contributed by atoms with Crippen molar-refractivity contribution in [1.82, 2.24) is 14.5 Å². The minimum Gasteiger partial charge on any atom is -0.392 e. The molecule has 2 heterocycles. The Kier molecular flexibility index (Phi) is 3.47. The maximum Gasteiger partial charge on any atom is 0.233 e. The van der Waals surface area contributed by atoms with Gasteiger partial charge in [0.1, 0.15) is 5.82 Å². The molecule has 1 aliphatic rings. The van der Waals surface area contributed by atoms with Gasteiger partial charge in [0.05, 0.1) is 12.0 Å². The number of aryl methyl sites for hydroxylation is 1. The van der Waals surface area contributed by atoms with Crippen molar-refractivity contribution >= 4 is 5.91 Å². The lowest BCUT2D eigenvalue weighted by atomic mass is 9.97. The van der Waals surface area contributed by atoms with Gasteiger partial charge in [-0.1, -0.05) is 0 Å². The number of likely N-dealkylation sites (N-methyl/N-ethyl adjacent to an activating group) is 1. The molecule has 1 aliphatic heterocycles. The number of fused-ring (bicyclic) bond motifs is 1. The molecule has 0 radical (unpaired) electrons. The highest BCUT2D eigenvalue weighted by Crippen LogP contribution is 2.27. The second-order valence-electron chi connectivity index (χ2n) is 4.74. The zero-order chi connectivity index (χ0) is 12.4. The van der Waals surface area contributed by atoms with Crippen LogP contribution in [0.1, 0.15) is 31.5 Å². The lowest BCUT2D eigenvalue weighted by molar-refractivity contribution is -0.133. The van der Waals surface area contributed by atoms with E-state index in [2.05, 4.69) is 4.98 Å². The number of amides is 1. The Balaban J connectivity index is 2.11. The van der Waals surface area contributed by atoms with Crippen molar-refractivity contribution in [2.45, 2.75) is 38.3 Å². The van der Waals surface area contributed by atoms with Crippen molar-refractivity contribution in [1.29, 1.82) is 0 Å². The summed E-state index contributed by atoms with van der Waals surface area (Å²) in [6.07, 6.45) is 5.02. The van der Waals surface area contributed by atoms with Gasteiger partial charge in [0, 0.05) is 32.5 Å². The van der Waals surface area contributed by atoms with Crippen LogP contribution >= 0.6 is 0 Å². The molecule has 0 fully saturated rings. The molecule has 0 spiro atoms. The van der Waals surface area contributed by atoms with Crippen LogP contribution in [0.4, 0.5) is 0 Å². The summed E-state index contributed by atoms with van der Waals surface area (Å²) in [5.41, 5.74) is 0. The average Bonchev–Trinajstić information content (AvgIpc) is 2.74. The fourth-order valence-corrected chi connectivity index (χ4v) is 2.40. The van der Waals surface area contributed by atoms with Crippen molar-refractivity contribution in [2.24, 2.45) is 0 Å². The summed E-state index contributed by atoms with van der Waals surface area (Å²) in [5, 5.41) is 9.31. The lowest BCUT2D eigenvalue weighted by Gasteiger charge is -2.27. The number of nitrogens with zero attached hydrogens (tertiary/aromatic N) is 3. The molecule has 2 atom stereocenters. The largest absolute Gasteiger partial charge is 0.392 e. The molecule has 0 aliphatic carbocycles. The van der Waals surface area contributed by atoms with Crippen LogP contribution in [0.15, 0.2) is 12.4 Å². The molecule has 2 unspecified atom stereocenters. The van der Waals surface area contributed by atoms with E-state index < -0.39 is 6.10 Å². The first kappa shape index (κ1) is 12.1. The number of aliphatic hydroxyl groups is 1. The molecule has 1 aromatic rings. The van der Waals surface area contributed by atoms with Gasteiger partial charge in [-0.25, -0.2) is 4.98 Å².